The van der Waals surface area contributed by atoms with Crippen LogP contribution in [0.15, 0.2) is 43.5 Å². The largest absolute Gasteiger partial charge is 0.469 e. The van der Waals surface area contributed by atoms with Crippen LogP contribution in [0.25, 0.3) is 0 Å². The molecule has 422 valence electrons. The molecule has 0 unspecified atom stereocenters. The van der Waals surface area contributed by atoms with E-state index in [2.05, 4.69) is 74.3 Å². The number of carbonyl (C=O) groups excluding carboxylic acids is 5. The average molecular weight is 1380 g/mol. The van der Waals surface area contributed by atoms with Crippen LogP contribution in [-0.4, -0.2) is 151 Å². The number of halogens is 5. The molecule has 75 heavy (non-hydrogen) atoms. The number of hydrogen-bond donors (Lipinski definition) is 1. The molecule has 8 fully saturated rings. The van der Waals surface area contributed by atoms with Crippen molar-refractivity contribution in [3.05, 3.63) is 43.5 Å². The van der Waals surface area contributed by atoms with Gasteiger partial charge in [-0.2, -0.15) is 0 Å². The number of esters is 2. The number of alkyl halides is 2. The normalized spacial score (nSPS) is 33.4. The second-order valence-corrected chi connectivity index (χ2v) is 25.5. The number of aliphatic hydroxyl groups excluding tert-OH is 1. The minimum atomic E-state index is -1.05. The van der Waals surface area contributed by atoms with Crippen LogP contribution in [0.5, 0.6) is 0 Å². The zero-order valence-electron chi connectivity index (χ0n) is 43.0. The Morgan fingerprint density at radius 3 is 1.55 bits per heavy atom. The maximum Gasteiger partial charge on any atom is 0.308 e. The van der Waals surface area contributed by atoms with Gasteiger partial charge in [-0.15, -0.1) is 23.2 Å². The number of carbonyl (C=O) groups is 5. The van der Waals surface area contributed by atoms with Gasteiger partial charge in [-0.1, -0.05) is 41.9 Å². The third-order valence-corrected chi connectivity index (χ3v) is 16.8. The van der Waals surface area contributed by atoms with Gasteiger partial charge in [-0.3, -0.25) is 19.2 Å². The van der Waals surface area contributed by atoms with E-state index in [0.29, 0.717) is 51.4 Å². The van der Waals surface area contributed by atoms with Crippen molar-refractivity contribution in [2.24, 2.45) is 0 Å². The molecule has 0 radical (unpaired) electrons. The van der Waals surface area contributed by atoms with Crippen molar-refractivity contribution in [2.45, 2.75) is 243 Å². The Morgan fingerprint density at radius 1 is 0.653 bits per heavy atom. The van der Waals surface area contributed by atoms with Crippen LogP contribution < -0.4 is 0 Å². The summed E-state index contributed by atoms with van der Waals surface area (Å²) in [5, 5.41) is 11.0. The van der Waals surface area contributed by atoms with Crippen LogP contribution in [0.4, 0.5) is 0 Å². The van der Waals surface area contributed by atoms with Crippen molar-refractivity contribution in [3.63, 3.8) is 0 Å². The number of methoxy groups -OCH3 is 2. The molecule has 0 bridgehead atoms. The Morgan fingerprint density at radius 2 is 1.09 bits per heavy atom. The van der Waals surface area contributed by atoms with Gasteiger partial charge in [0.15, 0.2) is 29.4 Å². The second-order valence-electron chi connectivity index (χ2n) is 20.6. The summed E-state index contributed by atoms with van der Waals surface area (Å²) < 4.78 is 62.0. The van der Waals surface area contributed by atoms with Crippen LogP contribution in [0.1, 0.15) is 141 Å². The Balaban J connectivity index is 0.000000206. The fourth-order valence-corrected chi connectivity index (χ4v) is 13.7. The zero-order valence-corrected chi connectivity index (χ0v) is 50.4. The summed E-state index contributed by atoms with van der Waals surface area (Å²) in [6.45, 7) is 7.60. The molecule has 8 rings (SSSR count). The van der Waals surface area contributed by atoms with Crippen molar-refractivity contribution in [1.29, 1.82) is 0 Å². The molecule has 6 heterocycles. The standard InChI is InChI=1S/C27H38ClIO8.C18H26O7.C9H11BrClIO/c1-16(29)14-17(28)6-7-18(30)8-10-20(31)23-25-26(37-27(36-25)12-4-3-5-13-27)24-21(35-23)11-9-19(34-24)15-22(32)33-2;1-21-14(20)9-11-5-6-12-15(22-11)17-16(13(10-19)23-12)24-18(25-17)7-3-2-4-8-18;1-7(12)6-8(11)2-3-9(13)4-5-10/h8,10,17,19-21,23-26,31H,1,3-7,9,11-15H2,2H3;10-13,15-17H,2-9H2,1H3;4-5,8H,1-3,6H2/b10-8+;;5-4+/t17-,19-,20+,21+,23+,24+,25-,26+;11-,12+,13+,15+,16-,17+;8-/m111/s1. The lowest BCUT2D eigenvalue weighted by molar-refractivity contribution is -0.250. The summed E-state index contributed by atoms with van der Waals surface area (Å²) in [7, 11) is 2.75. The van der Waals surface area contributed by atoms with E-state index in [1.807, 2.05) is 0 Å². The maximum atomic E-state index is 12.4. The van der Waals surface area contributed by atoms with Crippen molar-refractivity contribution in [1.82, 2.24) is 0 Å². The van der Waals surface area contributed by atoms with E-state index in [9.17, 15) is 29.1 Å². The number of rotatable bonds is 19. The summed E-state index contributed by atoms with van der Waals surface area (Å²) in [5.74, 6) is -1.91. The number of aliphatic hydroxyl groups is 1. The summed E-state index contributed by atoms with van der Waals surface area (Å²) in [4.78, 5) is 60.0. The number of allylic oxidation sites excluding steroid dienone is 4. The van der Waals surface area contributed by atoms with E-state index in [1.54, 1.807) is 4.99 Å². The van der Waals surface area contributed by atoms with E-state index in [0.717, 1.165) is 84.1 Å². The van der Waals surface area contributed by atoms with Crippen LogP contribution in [0.2, 0.25) is 0 Å². The van der Waals surface area contributed by atoms with Gasteiger partial charge in [-0.05, 0) is 153 Å². The van der Waals surface area contributed by atoms with Crippen molar-refractivity contribution in [3.8, 4) is 0 Å². The Bertz CT molecular complexity index is 2000. The first-order chi connectivity index (χ1) is 35.9. The fourth-order valence-electron chi connectivity index (χ4n) is 11.3. The second kappa shape index (κ2) is 30.8. The molecule has 16 nitrogen and oxygen atoms in total. The lowest BCUT2D eigenvalue weighted by atomic mass is 9.87. The molecule has 6 aliphatic heterocycles. The van der Waals surface area contributed by atoms with Gasteiger partial charge < -0.3 is 57.3 Å². The first-order valence-corrected chi connectivity index (χ1v) is 30.4. The molecule has 2 aliphatic carbocycles. The number of fused-ring (bicyclic) bond motifs is 6. The predicted molar refractivity (Wildman–Crippen MR) is 300 cm³/mol. The highest BCUT2D eigenvalue weighted by atomic mass is 127. The molecule has 0 aromatic heterocycles. The smallest absolute Gasteiger partial charge is 0.308 e. The molecule has 21 heteroatoms. The summed E-state index contributed by atoms with van der Waals surface area (Å²) in [6, 6.07) is 0. The average Bonchev–Trinajstić information content (AvgIpc) is 3.95. The molecule has 6 saturated heterocycles. The molecule has 0 aromatic rings. The first kappa shape index (κ1) is 63.3. The minimum absolute atomic E-state index is 0.0251. The number of aldehydes is 1. The fraction of sp³-hybridized carbons (Fsp3) is 0.759. The molecule has 1 N–H and O–H groups in total. The molecule has 15 atom stereocenters. The van der Waals surface area contributed by atoms with Gasteiger partial charge in [0.25, 0.3) is 0 Å². The third kappa shape index (κ3) is 18.5. The monoisotopic (exact) mass is 1380 g/mol. The molecular formula is C54H75BrCl2I2O16. The number of ether oxygens (including phenoxy) is 10. The topological polar surface area (TPSA) is 198 Å². The van der Waals surface area contributed by atoms with Gasteiger partial charge in [0.2, 0.25) is 0 Å². The summed E-state index contributed by atoms with van der Waals surface area (Å²) in [5.41, 5.74) is 0. The maximum absolute atomic E-state index is 12.4. The van der Waals surface area contributed by atoms with Gasteiger partial charge in [-0.25, -0.2) is 0 Å². The Hall–Kier alpha value is -0.930. The number of ketones is 2. The Labute approximate surface area is 487 Å². The van der Waals surface area contributed by atoms with Gasteiger partial charge in [0.05, 0.1) is 51.5 Å². The van der Waals surface area contributed by atoms with Gasteiger partial charge >= 0.3 is 11.9 Å². The van der Waals surface area contributed by atoms with Gasteiger partial charge in [0, 0.05) is 49.3 Å². The van der Waals surface area contributed by atoms with Crippen LogP contribution in [0, 0.1) is 0 Å². The molecule has 0 amide bonds. The lowest BCUT2D eigenvalue weighted by Crippen LogP contribution is -2.62. The molecule has 8 aliphatic rings. The molecule has 0 aromatic carbocycles. The van der Waals surface area contributed by atoms with E-state index < -0.39 is 54.3 Å². The van der Waals surface area contributed by atoms with Crippen LogP contribution >= 0.6 is 84.3 Å². The summed E-state index contributed by atoms with van der Waals surface area (Å²) in [6.07, 6.45) is 15.7. The number of hydrogen-bond acceptors (Lipinski definition) is 16. The highest BCUT2D eigenvalue weighted by Gasteiger charge is 2.62. The van der Waals surface area contributed by atoms with Gasteiger partial charge in [0.1, 0.15) is 54.9 Å². The third-order valence-electron chi connectivity index (χ3n) is 15.0. The Kier molecular flexibility index (Phi) is 25.9. The van der Waals surface area contributed by atoms with E-state index in [-0.39, 0.29) is 83.7 Å². The molecular weight excluding hydrogens is 1310 g/mol. The van der Waals surface area contributed by atoms with E-state index in [1.165, 1.54) is 38.9 Å². The lowest BCUT2D eigenvalue weighted by Gasteiger charge is -2.47. The van der Waals surface area contributed by atoms with E-state index in [4.69, 9.17) is 70.6 Å². The molecule has 2 spiro atoms. The summed E-state index contributed by atoms with van der Waals surface area (Å²) >= 11 is 19.6. The predicted octanol–water partition coefficient (Wildman–Crippen LogP) is 10.2. The van der Waals surface area contributed by atoms with Crippen molar-refractivity contribution >= 4 is 114 Å². The van der Waals surface area contributed by atoms with E-state index >= 15 is 0 Å². The highest BCUT2D eigenvalue weighted by molar-refractivity contribution is 14.1. The van der Waals surface area contributed by atoms with Crippen molar-refractivity contribution < 1.29 is 76.4 Å². The highest BCUT2D eigenvalue weighted by Crippen LogP contribution is 2.49. The quantitative estimate of drug-likeness (QED) is 0.0421. The van der Waals surface area contributed by atoms with Crippen molar-refractivity contribution in [2.75, 3.05) is 14.2 Å². The zero-order chi connectivity index (χ0) is 54.3. The van der Waals surface area contributed by atoms with Crippen LogP contribution in [-0.2, 0) is 71.3 Å². The SMILES string of the molecule is C=C(I)C[C@H](Cl)CCC(=O)/C=C/Br.C=C(I)C[C@H](Cl)CCC(=O)/C=C/[C@H](O)[C@@H]1O[C@H]2CC[C@H](CC(=O)OC)O[C@@H]2[C@@H]2OC3(CCCCC3)O[C@@H]21.COC(=O)C[C@H]1CC[C@@H]2O[C@@H](C=O)[C@H]3OC4(CCCCC4)O[C@H]3[C@H]2O1. The molecule has 2 saturated carbocycles. The first-order valence-electron chi connectivity index (χ1n) is 26.4. The minimum Gasteiger partial charge on any atom is -0.469 e. The van der Waals surface area contributed by atoms with Crippen LogP contribution in [0.3, 0.4) is 0 Å².